The summed E-state index contributed by atoms with van der Waals surface area (Å²) in [6.07, 6.45) is 41.9. The van der Waals surface area contributed by atoms with Crippen LogP contribution in [-0.2, 0) is 28.5 Å². The zero-order valence-corrected chi connectivity index (χ0v) is 36.7. The van der Waals surface area contributed by atoms with Crippen molar-refractivity contribution >= 4 is 11.9 Å². The summed E-state index contributed by atoms with van der Waals surface area (Å²) in [5, 5.41) is 40.1. The van der Waals surface area contributed by atoms with Crippen LogP contribution in [0.25, 0.3) is 0 Å². The summed E-state index contributed by atoms with van der Waals surface area (Å²) in [4.78, 5) is 25.3. The Labute approximate surface area is 357 Å². The summed E-state index contributed by atoms with van der Waals surface area (Å²) in [6.45, 7) is 3.23. The molecule has 1 saturated heterocycles. The maximum Gasteiger partial charge on any atom is 0.306 e. The second-order valence-electron chi connectivity index (χ2n) is 15.5. The van der Waals surface area contributed by atoms with E-state index in [-0.39, 0.29) is 26.1 Å². The molecule has 1 rings (SSSR count). The van der Waals surface area contributed by atoms with E-state index in [2.05, 4.69) is 80.7 Å². The standard InChI is InChI=1S/C49H82O10/c1-3-5-7-9-11-13-15-17-19-21-23-25-27-29-31-33-35-37-44(51)56-40-42(41-57-49-48(55)47(54)46(53)43(39-50)59-49)58-45(52)38-36-34-32-30-28-26-24-22-20-18-16-14-12-10-8-6-4-2/h5,7,11,13-14,16-17,19,23,25,29,31,42-43,46-50,53-55H,3-4,6,8-10,12,15,18,20-22,24,26-28,30,32-41H2,1-2H3/b7-5+,13-11+,16-14+,19-17+,25-23+,31-29+/t42-,43-,46+,47?,48?,49-/m0/s1. The number of rotatable bonds is 37. The summed E-state index contributed by atoms with van der Waals surface area (Å²) in [5.41, 5.74) is 0. The van der Waals surface area contributed by atoms with Crippen molar-refractivity contribution in [3.05, 3.63) is 72.9 Å². The van der Waals surface area contributed by atoms with Gasteiger partial charge in [-0.2, -0.15) is 0 Å². The Balaban J connectivity index is 2.37. The first-order valence-corrected chi connectivity index (χ1v) is 23.0. The molecule has 6 atom stereocenters. The first kappa shape index (κ1) is 54.2. The average Bonchev–Trinajstić information content (AvgIpc) is 3.23. The SMILES string of the molecule is CC/C=C/C/C=C/C/C=C/C/C=C/C/C=C/CCCC(=O)OC[C@@H](CO[C@H]1O[C@@H](CO)[C@@H](O)C(O)C1O)OC(=O)CCCCCCCCCCC/C=C/CCCCCC. The Bertz CT molecular complexity index is 1190. The number of hydrogen-bond acceptors (Lipinski definition) is 10. The number of unbranched alkanes of at least 4 members (excludes halogenated alkanes) is 14. The Morgan fingerprint density at radius 1 is 0.542 bits per heavy atom. The molecule has 10 heteroatoms. The maximum absolute atomic E-state index is 12.8. The third-order valence-electron chi connectivity index (χ3n) is 10.1. The molecule has 0 aromatic rings. The number of carbonyl (C=O) groups excluding carboxylic acids is 2. The lowest BCUT2D eigenvalue weighted by Gasteiger charge is -2.39. The number of hydrogen-bond donors (Lipinski definition) is 4. The molecule has 4 N–H and O–H groups in total. The number of ether oxygens (including phenoxy) is 4. The van der Waals surface area contributed by atoms with Gasteiger partial charge in [0.25, 0.3) is 0 Å². The van der Waals surface area contributed by atoms with Gasteiger partial charge in [0.15, 0.2) is 12.4 Å². The molecule has 0 bridgehead atoms. The number of carbonyl (C=O) groups is 2. The molecule has 1 fully saturated rings. The summed E-state index contributed by atoms with van der Waals surface area (Å²) in [6, 6.07) is 0. The van der Waals surface area contributed by atoms with Crippen LogP contribution < -0.4 is 0 Å². The van der Waals surface area contributed by atoms with Crippen LogP contribution in [0.4, 0.5) is 0 Å². The van der Waals surface area contributed by atoms with Crippen molar-refractivity contribution in [2.45, 2.75) is 205 Å². The molecule has 0 aliphatic carbocycles. The molecule has 0 saturated carbocycles. The highest BCUT2D eigenvalue weighted by molar-refractivity contribution is 5.70. The van der Waals surface area contributed by atoms with Crippen LogP contribution in [0.1, 0.15) is 168 Å². The third kappa shape index (κ3) is 30.8. The summed E-state index contributed by atoms with van der Waals surface area (Å²) >= 11 is 0. The molecule has 2 unspecified atom stereocenters. The lowest BCUT2D eigenvalue weighted by Crippen LogP contribution is -2.59. The third-order valence-corrected chi connectivity index (χ3v) is 10.1. The molecule has 10 nitrogen and oxygen atoms in total. The Morgan fingerprint density at radius 2 is 1.02 bits per heavy atom. The van der Waals surface area contributed by atoms with Crippen molar-refractivity contribution in [1.29, 1.82) is 0 Å². The predicted octanol–water partition coefficient (Wildman–Crippen LogP) is 10.00. The van der Waals surface area contributed by atoms with Gasteiger partial charge >= 0.3 is 11.9 Å². The van der Waals surface area contributed by atoms with Gasteiger partial charge in [0.05, 0.1) is 13.2 Å². The minimum Gasteiger partial charge on any atom is -0.462 e. The van der Waals surface area contributed by atoms with Gasteiger partial charge in [-0.25, -0.2) is 0 Å². The van der Waals surface area contributed by atoms with E-state index in [9.17, 15) is 30.0 Å². The van der Waals surface area contributed by atoms with E-state index in [0.29, 0.717) is 12.8 Å². The van der Waals surface area contributed by atoms with Crippen molar-refractivity contribution in [2.24, 2.45) is 0 Å². The van der Waals surface area contributed by atoms with Gasteiger partial charge in [0, 0.05) is 12.8 Å². The van der Waals surface area contributed by atoms with Gasteiger partial charge < -0.3 is 39.4 Å². The zero-order chi connectivity index (χ0) is 43.0. The van der Waals surface area contributed by atoms with Gasteiger partial charge in [-0.1, -0.05) is 151 Å². The van der Waals surface area contributed by atoms with Crippen LogP contribution in [0.3, 0.4) is 0 Å². The summed E-state index contributed by atoms with van der Waals surface area (Å²) in [5.74, 6) is -0.881. The van der Waals surface area contributed by atoms with E-state index in [1.165, 1.54) is 70.6 Å². The number of aliphatic hydroxyl groups excluding tert-OH is 4. The van der Waals surface area contributed by atoms with Crippen LogP contribution in [0.15, 0.2) is 72.9 Å². The van der Waals surface area contributed by atoms with Gasteiger partial charge in [-0.05, 0) is 77.0 Å². The molecule has 59 heavy (non-hydrogen) atoms. The molecule has 0 aromatic heterocycles. The van der Waals surface area contributed by atoms with Crippen LogP contribution >= 0.6 is 0 Å². The van der Waals surface area contributed by atoms with E-state index in [0.717, 1.165) is 57.8 Å². The highest BCUT2D eigenvalue weighted by Gasteiger charge is 2.44. The molecule has 0 spiro atoms. The number of aliphatic hydroxyl groups is 4. The van der Waals surface area contributed by atoms with Crippen molar-refractivity contribution in [1.82, 2.24) is 0 Å². The van der Waals surface area contributed by atoms with Gasteiger partial charge in [0.2, 0.25) is 0 Å². The van der Waals surface area contributed by atoms with E-state index in [4.69, 9.17) is 18.9 Å². The van der Waals surface area contributed by atoms with E-state index < -0.39 is 55.4 Å². The molecule has 338 valence electrons. The molecular formula is C49H82O10. The van der Waals surface area contributed by atoms with E-state index in [1.807, 2.05) is 6.08 Å². The van der Waals surface area contributed by atoms with Gasteiger partial charge in [-0.3, -0.25) is 9.59 Å². The predicted molar refractivity (Wildman–Crippen MR) is 238 cm³/mol. The highest BCUT2D eigenvalue weighted by Crippen LogP contribution is 2.22. The summed E-state index contributed by atoms with van der Waals surface area (Å²) in [7, 11) is 0. The average molecular weight is 831 g/mol. The Kier molecular flexibility index (Phi) is 36.1. The number of allylic oxidation sites excluding steroid dienone is 12. The summed E-state index contributed by atoms with van der Waals surface area (Å²) < 4.78 is 22.1. The zero-order valence-electron chi connectivity index (χ0n) is 36.7. The monoisotopic (exact) mass is 831 g/mol. The first-order chi connectivity index (χ1) is 28.8. The Hall–Kier alpha value is -2.86. The Morgan fingerprint density at radius 3 is 1.58 bits per heavy atom. The molecule has 0 amide bonds. The maximum atomic E-state index is 12.8. The minimum atomic E-state index is -1.61. The van der Waals surface area contributed by atoms with Crippen LogP contribution in [0, 0.1) is 0 Å². The first-order valence-electron chi connectivity index (χ1n) is 23.0. The second-order valence-corrected chi connectivity index (χ2v) is 15.5. The molecular weight excluding hydrogens is 749 g/mol. The van der Waals surface area contributed by atoms with Crippen LogP contribution in [0.5, 0.6) is 0 Å². The lowest BCUT2D eigenvalue weighted by molar-refractivity contribution is -0.305. The fraction of sp³-hybridized carbons (Fsp3) is 0.714. The topological polar surface area (TPSA) is 152 Å². The highest BCUT2D eigenvalue weighted by atomic mass is 16.7. The number of esters is 2. The van der Waals surface area contributed by atoms with Gasteiger partial charge in [0.1, 0.15) is 31.0 Å². The van der Waals surface area contributed by atoms with Gasteiger partial charge in [-0.15, -0.1) is 0 Å². The van der Waals surface area contributed by atoms with Crippen molar-refractivity contribution in [3.8, 4) is 0 Å². The fourth-order valence-corrected chi connectivity index (χ4v) is 6.45. The molecule has 1 aliphatic heterocycles. The largest absolute Gasteiger partial charge is 0.462 e. The lowest BCUT2D eigenvalue weighted by atomic mass is 9.99. The van der Waals surface area contributed by atoms with Crippen LogP contribution in [0.2, 0.25) is 0 Å². The van der Waals surface area contributed by atoms with E-state index >= 15 is 0 Å². The molecule has 1 heterocycles. The second kappa shape index (κ2) is 39.3. The molecule has 0 aromatic carbocycles. The fourth-order valence-electron chi connectivity index (χ4n) is 6.45. The van der Waals surface area contributed by atoms with Crippen molar-refractivity contribution < 1.29 is 49.0 Å². The molecule has 1 aliphatic rings. The van der Waals surface area contributed by atoms with Crippen LogP contribution in [-0.4, -0.2) is 89.0 Å². The minimum absolute atomic E-state index is 0.194. The normalized spacial score (nSPS) is 20.7. The van der Waals surface area contributed by atoms with Crippen molar-refractivity contribution in [3.63, 3.8) is 0 Å². The smallest absolute Gasteiger partial charge is 0.306 e. The quantitative estimate of drug-likeness (QED) is 0.0271. The molecule has 0 radical (unpaired) electrons. The van der Waals surface area contributed by atoms with Crippen molar-refractivity contribution in [2.75, 3.05) is 19.8 Å². The van der Waals surface area contributed by atoms with E-state index in [1.54, 1.807) is 0 Å².